The van der Waals surface area contributed by atoms with Crippen LogP contribution in [0.1, 0.15) is 47.0 Å². The highest BCUT2D eigenvalue weighted by Crippen LogP contribution is 2.38. The van der Waals surface area contributed by atoms with Gasteiger partial charge in [-0.25, -0.2) is 9.59 Å². The molecule has 1 aromatic rings. The second-order valence-electron chi connectivity index (χ2n) is 9.59. The van der Waals surface area contributed by atoms with Crippen LogP contribution in [0, 0.1) is 11.8 Å². The molecule has 0 aliphatic carbocycles. The highest BCUT2D eigenvalue weighted by atomic mass is 16.5. The van der Waals surface area contributed by atoms with Crippen LogP contribution < -0.4 is 9.47 Å². The van der Waals surface area contributed by atoms with E-state index in [4.69, 9.17) is 24.4 Å². The number of nitrogens with zero attached hydrogens (tertiary/aromatic N) is 1. The van der Waals surface area contributed by atoms with Crippen LogP contribution in [0.2, 0.25) is 0 Å². The zero-order chi connectivity index (χ0) is 27.2. The first kappa shape index (κ1) is 31.0. The van der Waals surface area contributed by atoms with Crippen LogP contribution in [0.15, 0.2) is 36.4 Å². The maximum atomic E-state index is 10.6. The van der Waals surface area contributed by atoms with Gasteiger partial charge in [-0.3, -0.25) is 4.90 Å². The van der Waals surface area contributed by atoms with Gasteiger partial charge in [0.2, 0.25) is 0 Å². The van der Waals surface area contributed by atoms with Crippen molar-refractivity contribution < 1.29 is 39.1 Å². The van der Waals surface area contributed by atoms with E-state index in [9.17, 15) is 14.7 Å². The molecule has 1 aromatic carbocycles. The predicted molar refractivity (Wildman–Crippen MR) is 136 cm³/mol. The Morgan fingerprint density at radius 3 is 1.97 bits per heavy atom. The van der Waals surface area contributed by atoms with Crippen LogP contribution in [0.5, 0.6) is 11.5 Å². The molecule has 9 heteroatoms. The first-order valence-corrected chi connectivity index (χ1v) is 11.8. The van der Waals surface area contributed by atoms with Crippen molar-refractivity contribution in [2.45, 2.75) is 64.1 Å². The fourth-order valence-electron chi connectivity index (χ4n) is 4.11. The van der Waals surface area contributed by atoms with E-state index in [0.29, 0.717) is 36.8 Å². The summed E-state index contributed by atoms with van der Waals surface area (Å²) in [5, 5.41) is 26.3. The SMILES string of the molecule is COCC#CCOc1ccccc1OCC(O)CN1C(C)(C)CCCC1(C)C.O=C(O)C=CC(=O)O. The lowest BCUT2D eigenvalue weighted by atomic mass is 9.79. The Bertz CT molecular complexity index is 897. The maximum Gasteiger partial charge on any atom is 0.328 e. The summed E-state index contributed by atoms with van der Waals surface area (Å²) in [6, 6.07) is 7.47. The van der Waals surface area contributed by atoms with Gasteiger partial charge in [-0.05, 0) is 59.1 Å². The van der Waals surface area contributed by atoms with Crippen molar-refractivity contribution >= 4 is 11.9 Å². The summed E-state index contributed by atoms with van der Waals surface area (Å²) in [5.74, 6) is 4.47. The third-order valence-corrected chi connectivity index (χ3v) is 5.72. The first-order valence-electron chi connectivity index (χ1n) is 11.8. The number of aliphatic carboxylic acids is 2. The van der Waals surface area contributed by atoms with E-state index in [1.807, 2.05) is 24.3 Å². The van der Waals surface area contributed by atoms with E-state index in [1.165, 1.54) is 6.42 Å². The molecule has 1 aliphatic rings. The number of ether oxygens (including phenoxy) is 3. The Hall–Kier alpha value is -3.06. The van der Waals surface area contributed by atoms with E-state index < -0.39 is 18.0 Å². The van der Waals surface area contributed by atoms with E-state index in [-0.39, 0.29) is 24.3 Å². The van der Waals surface area contributed by atoms with Crippen molar-refractivity contribution in [3.8, 4) is 23.3 Å². The van der Waals surface area contributed by atoms with Crippen molar-refractivity contribution in [2.24, 2.45) is 0 Å². The van der Waals surface area contributed by atoms with Gasteiger partial charge in [-0.2, -0.15) is 0 Å². The molecule has 1 saturated heterocycles. The Morgan fingerprint density at radius 2 is 1.47 bits per heavy atom. The van der Waals surface area contributed by atoms with Gasteiger partial charge in [0.05, 0.1) is 0 Å². The monoisotopic (exact) mass is 505 g/mol. The lowest BCUT2D eigenvalue weighted by Crippen LogP contribution is -2.60. The minimum Gasteiger partial charge on any atom is -0.487 e. The van der Waals surface area contributed by atoms with Crippen molar-refractivity contribution in [1.29, 1.82) is 0 Å². The highest BCUT2D eigenvalue weighted by Gasteiger charge is 2.41. The average molecular weight is 506 g/mol. The Kier molecular flexibility index (Phi) is 13.0. The average Bonchev–Trinajstić information content (AvgIpc) is 2.79. The molecule has 1 aliphatic heterocycles. The van der Waals surface area contributed by atoms with Gasteiger partial charge in [0, 0.05) is 36.9 Å². The molecule has 1 fully saturated rings. The second-order valence-corrected chi connectivity index (χ2v) is 9.59. The minimum atomic E-state index is -1.26. The number of hydrogen-bond acceptors (Lipinski definition) is 7. The van der Waals surface area contributed by atoms with Crippen molar-refractivity contribution in [1.82, 2.24) is 4.90 Å². The number of hydrogen-bond donors (Lipinski definition) is 3. The van der Waals surface area contributed by atoms with Gasteiger partial charge in [0.25, 0.3) is 0 Å². The standard InChI is InChI=1S/C23H35NO4.C4H4O4/c1-22(2)13-10-14-23(3,4)24(22)17-19(25)18-28-21-12-7-6-11-20(21)27-16-9-8-15-26-5;5-3(6)1-2-4(7)8/h6-7,11-12,19,25H,10,13-18H2,1-5H3;1-2H,(H,5,6)(H,7,8). The molecule has 36 heavy (non-hydrogen) atoms. The van der Waals surface area contributed by atoms with Crippen LogP contribution in [0.25, 0.3) is 0 Å². The Balaban J connectivity index is 0.000000697. The highest BCUT2D eigenvalue weighted by molar-refractivity contribution is 5.89. The number of carboxylic acids is 2. The number of benzene rings is 1. The first-order chi connectivity index (χ1) is 16.9. The van der Waals surface area contributed by atoms with E-state index in [2.05, 4.69) is 44.4 Å². The molecule has 3 N–H and O–H groups in total. The number of rotatable bonds is 10. The molecule has 0 spiro atoms. The normalized spacial score (nSPS) is 17.2. The Labute approximate surface area is 213 Å². The molecule has 0 amide bonds. The van der Waals surface area contributed by atoms with Gasteiger partial charge in [-0.1, -0.05) is 24.0 Å². The minimum absolute atomic E-state index is 0.0740. The molecule has 9 nitrogen and oxygen atoms in total. The van der Waals surface area contributed by atoms with Crippen LogP contribution >= 0.6 is 0 Å². The molecule has 1 atom stereocenters. The van der Waals surface area contributed by atoms with Crippen LogP contribution in [0.3, 0.4) is 0 Å². The van der Waals surface area contributed by atoms with Crippen molar-refractivity contribution in [3.63, 3.8) is 0 Å². The number of aliphatic hydroxyl groups excluding tert-OH is 1. The third kappa shape index (κ3) is 11.6. The van der Waals surface area contributed by atoms with Gasteiger partial charge in [0.1, 0.15) is 25.9 Å². The molecule has 200 valence electrons. The summed E-state index contributed by atoms with van der Waals surface area (Å²) in [6.45, 7) is 10.5. The molecule has 1 unspecified atom stereocenters. The van der Waals surface area contributed by atoms with Crippen LogP contribution in [-0.2, 0) is 14.3 Å². The van der Waals surface area contributed by atoms with Gasteiger partial charge >= 0.3 is 11.9 Å². The largest absolute Gasteiger partial charge is 0.487 e. The third-order valence-electron chi connectivity index (χ3n) is 5.72. The van der Waals surface area contributed by atoms with Crippen LogP contribution in [0.4, 0.5) is 0 Å². The maximum absolute atomic E-state index is 10.6. The molecular formula is C27H39NO8. The number of methoxy groups -OCH3 is 1. The van der Waals surface area contributed by atoms with Crippen LogP contribution in [-0.4, -0.2) is 82.8 Å². The van der Waals surface area contributed by atoms with E-state index in [1.54, 1.807) is 7.11 Å². The number of para-hydroxylation sites is 2. The fraction of sp³-hybridized carbons (Fsp3) is 0.556. The van der Waals surface area contributed by atoms with E-state index in [0.717, 1.165) is 12.8 Å². The summed E-state index contributed by atoms with van der Waals surface area (Å²) in [7, 11) is 1.61. The summed E-state index contributed by atoms with van der Waals surface area (Å²) in [4.78, 5) is 21.5. The summed E-state index contributed by atoms with van der Waals surface area (Å²) in [6.07, 6.45) is 4.05. The molecule has 2 rings (SSSR count). The molecule has 0 aromatic heterocycles. The summed E-state index contributed by atoms with van der Waals surface area (Å²) in [5.41, 5.74) is 0.148. The summed E-state index contributed by atoms with van der Waals surface area (Å²) < 4.78 is 16.5. The molecule has 1 heterocycles. The predicted octanol–water partition coefficient (Wildman–Crippen LogP) is 3.21. The number of β-amino-alcohol motifs (C(OH)–C–C–N with tert-alkyl or cyclic N) is 1. The number of piperidine rings is 1. The van der Waals surface area contributed by atoms with Crippen molar-refractivity contribution in [3.05, 3.63) is 36.4 Å². The summed E-state index contributed by atoms with van der Waals surface area (Å²) >= 11 is 0. The van der Waals surface area contributed by atoms with Gasteiger partial charge in [0.15, 0.2) is 11.5 Å². The quantitative estimate of drug-likeness (QED) is 0.325. The number of carbonyl (C=O) groups is 2. The van der Waals surface area contributed by atoms with Crippen molar-refractivity contribution in [2.75, 3.05) is 33.5 Å². The lowest BCUT2D eigenvalue weighted by molar-refractivity contribution is -0.134. The van der Waals surface area contributed by atoms with Gasteiger partial charge < -0.3 is 29.5 Å². The lowest BCUT2D eigenvalue weighted by Gasteiger charge is -2.53. The number of carboxylic acid groups (broad SMARTS) is 2. The molecule has 0 radical (unpaired) electrons. The molecule has 0 bridgehead atoms. The topological polar surface area (TPSA) is 126 Å². The molecule has 0 saturated carbocycles. The zero-order valence-electron chi connectivity index (χ0n) is 21.8. The van der Waals surface area contributed by atoms with E-state index >= 15 is 0 Å². The smallest absolute Gasteiger partial charge is 0.328 e. The van der Waals surface area contributed by atoms with Gasteiger partial charge in [-0.15, -0.1) is 0 Å². The number of likely N-dealkylation sites (tertiary alicyclic amines) is 1. The fourth-order valence-corrected chi connectivity index (χ4v) is 4.11. The second kappa shape index (κ2) is 15.1. The number of aliphatic hydroxyl groups is 1. The zero-order valence-corrected chi connectivity index (χ0v) is 21.8. The Morgan fingerprint density at radius 1 is 0.972 bits per heavy atom. The molecular weight excluding hydrogens is 466 g/mol.